The first-order valence-corrected chi connectivity index (χ1v) is 7.80. The molecule has 2 heterocycles. The van der Waals surface area contributed by atoms with Gasteiger partial charge >= 0.3 is 0 Å². The number of furan rings is 2. The highest BCUT2D eigenvalue weighted by molar-refractivity contribution is 6.16. The zero-order valence-corrected chi connectivity index (χ0v) is 14.1. The molecule has 0 unspecified atom stereocenters. The molecule has 2 aromatic heterocycles. The van der Waals surface area contributed by atoms with E-state index in [0.29, 0.717) is 34.0 Å². The molecule has 0 aliphatic carbocycles. The molecule has 4 rings (SSSR count). The van der Waals surface area contributed by atoms with Crippen LogP contribution in [0.1, 0.15) is 21.9 Å². The number of fused-ring (bicyclic) bond motifs is 2. The van der Waals surface area contributed by atoms with E-state index in [2.05, 4.69) is 0 Å². The van der Waals surface area contributed by atoms with Crippen molar-refractivity contribution in [3.8, 4) is 11.5 Å². The second-order valence-electron chi connectivity index (χ2n) is 5.74. The minimum absolute atomic E-state index is 0.211. The third kappa shape index (κ3) is 2.45. The summed E-state index contributed by atoms with van der Waals surface area (Å²) < 4.78 is 21.9. The quantitative estimate of drug-likeness (QED) is 0.504. The van der Waals surface area contributed by atoms with Gasteiger partial charge in [0.25, 0.3) is 0 Å². The highest BCUT2D eigenvalue weighted by Gasteiger charge is 2.23. The Balaban J connectivity index is 1.83. The molecule has 0 amide bonds. The van der Waals surface area contributed by atoms with Gasteiger partial charge in [-0.2, -0.15) is 0 Å². The topological polar surface area (TPSA) is 61.8 Å². The van der Waals surface area contributed by atoms with Crippen LogP contribution in [-0.2, 0) is 0 Å². The van der Waals surface area contributed by atoms with Gasteiger partial charge in [-0.05, 0) is 43.3 Å². The average molecular weight is 336 g/mol. The van der Waals surface area contributed by atoms with Crippen LogP contribution in [0.4, 0.5) is 0 Å². The van der Waals surface area contributed by atoms with E-state index in [-0.39, 0.29) is 11.5 Å². The summed E-state index contributed by atoms with van der Waals surface area (Å²) in [6.45, 7) is 1.77. The summed E-state index contributed by atoms with van der Waals surface area (Å²) in [6, 6.07) is 12.5. The fourth-order valence-corrected chi connectivity index (χ4v) is 2.99. The standard InChI is InChI=1S/C20H16O5/c1-11-19(15-6-4-14(23-3)10-17(15)24-11)20(21)18-9-12-8-13(22-2)5-7-16(12)25-18/h4-10H,1-3H3. The number of methoxy groups -OCH3 is 2. The smallest absolute Gasteiger partial charge is 0.232 e. The van der Waals surface area contributed by atoms with Crippen molar-refractivity contribution in [2.45, 2.75) is 6.92 Å². The Labute approximate surface area is 143 Å². The summed E-state index contributed by atoms with van der Waals surface area (Å²) in [6.07, 6.45) is 0. The number of hydrogen-bond acceptors (Lipinski definition) is 5. The van der Waals surface area contributed by atoms with Crippen LogP contribution in [0.5, 0.6) is 11.5 Å². The highest BCUT2D eigenvalue weighted by atomic mass is 16.5. The minimum Gasteiger partial charge on any atom is -0.497 e. The molecular formula is C20H16O5. The van der Waals surface area contributed by atoms with Crippen molar-refractivity contribution in [2.24, 2.45) is 0 Å². The lowest BCUT2D eigenvalue weighted by atomic mass is 10.0. The zero-order valence-electron chi connectivity index (χ0n) is 14.1. The van der Waals surface area contributed by atoms with E-state index in [1.165, 1.54) is 0 Å². The molecule has 0 bridgehead atoms. The Morgan fingerprint density at radius 1 is 0.880 bits per heavy atom. The second kappa shape index (κ2) is 5.70. The van der Waals surface area contributed by atoms with E-state index >= 15 is 0 Å². The Bertz CT molecular complexity index is 1100. The second-order valence-corrected chi connectivity index (χ2v) is 5.74. The molecule has 0 atom stereocenters. The molecule has 0 radical (unpaired) electrons. The third-order valence-electron chi connectivity index (χ3n) is 4.25. The molecule has 0 saturated carbocycles. The molecule has 0 N–H and O–H groups in total. The van der Waals surface area contributed by atoms with Crippen molar-refractivity contribution in [2.75, 3.05) is 14.2 Å². The fraction of sp³-hybridized carbons (Fsp3) is 0.150. The predicted octanol–water partition coefficient (Wildman–Crippen LogP) is 4.74. The van der Waals surface area contributed by atoms with Gasteiger partial charge in [-0.3, -0.25) is 4.79 Å². The van der Waals surface area contributed by atoms with Crippen LogP contribution in [0.3, 0.4) is 0 Å². The van der Waals surface area contributed by atoms with Crippen LogP contribution >= 0.6 is 0 Å². The van der Waals surface area contributed by atoms with Crippen molar-refractivity contribution in [3.05, 3.63) is 59.5 Å². The maximum atomic E-state index is 13.0. The first-order valence-electron chi connectivity index (χ1n) is 7.80. The summed E-state index contributed by atoms with van der Waals surface area (Å²) in [5, 5.41) is 1.55. The maximum Gasteiger partial charge on any atom is 0.232 e. The molecule has 0 aliphatic rings. The molecule has 0 fully saturated rings. The summed E-state index contributed by atoms with van der Waals surface area (Å²) >= 11 is 0. The normalized spacial score (nSPS) is 11.2. The predicted molar refractivity (Wildman–Crippen MR) is 93.7 cm³/mol. The van der Waals surface area contributed by atoms with Crippen molar-refractivity contribution < 1.29 is 23.1 Å². The number of hydrogen-bond donors (Lipinski definition) is 0. The van der Waals surface area contributed by atoms with E-state index in [1.807, 2.05) is 12.1 Å². The SMILES string of the molecule is COc1ccc2oc(C(=O)c3c(C)oc4cc(OC)ccc34)cc2c1. The number of benzene rings is 2. The number of carbonyl (C=O) groups excluding carboxylic acids is 1. The molecule has 5 heteroatoms. The molecule has 5 nitrogen and oxygen atoms in total. The monoisotopic (exact) mass is 336 g/mol. The van der Waals surface area contributed by atoms with Crippen LogP contribution in [0.25, 0.3) is 21.9 Å². The molecule has 0 saturated heterocycles. The first kappa shape index (κ1) is 15.3. The third-order valence-corrected chi connectivity index (χ3v) is 4.25. The van der Waals surface area contributed by atoms with Gasteiger partial charge < -0.3 is 18.3 Å². The Morgan fingerprint density at radius 2 is 1.60 bits per heavy atom. The van der Waals surface area contributed by atoms with E-state index in [0.717, 1.165) is 10.8 Å². The van der Waals surface area contributed by atoms with Gasteiger partial charge in [-0.1, -0.05) is 0 Å². The Kier molecular flexibility index (Phi) is 3.50. The van der Waals surface area contributed by atoms with Gasteiger partial charge in [-0.25, -0.2) is 0 Å². The molecule has 0 spiro atoms. The van der Waals surface area contributed by atoms with E-state index in [4.69, 9.17) is 18.3 Å². The largest absolute Gasteiger partial charge is 0.497 e. The zero-order chi connectivity index (χ0) is 17.6. The van der Waals surface area contributed by atoms with Crippen LogP contribution in [0.15, 0.2) is 51.3 Å². The van der Waals surface area contributed by atoms with Gasteiger partial charge in [0.05, 0.1) is 19.8 Å². The molecular weight excluding hydrogens is 320 g/mol. The lowest BCUT2D eigenvalue weighted by Crippen LogP contribution is -2.00. The molecule has 2 aromatic carbocycles. The molecule has 4 aromatic rings. The lowest BCUT2D eigenvalue weighted by molar-refractivity contribution is 0.101. The number of aryl methyl sites for hydroxylation is 1. The fourth-order valence-electron chi connectivity index (χ4n) is 2.99. The Morgan fingerprint density at radius 3 is 2.36 bits per heavy atom. The van der Waals surface area contributed by atoms with Gasteiger partial charge in [0.1, 0.15) is 28.4 Å². The number of rotatable bonds is 4. The first-order chi connectivity index (χ1) is 12.1. The number of ether oxygens (including phenoxy) is 2. The summed E-state index contributed by atoms with van der Waals surface area (Å²) in [4.78, 5) is 13.0. The van der Waals surface area contributed by atoms with Crippen LogP contribution < -0.4 is 9.47 Å². The van der Waals surface area contributed by atoms with Crippen molar-refractivity contribution in [1.29, 1.82) is 0 Å². The highest BCUT2D eigenvalue weighted by Crippen LogP contribution is 2.32. The summed E-state index contributed by atoms with van der Waals surface area (Å²) in [7, 11) is 3.19. The van der Waals surface area contributed by atoms with Crippen molar-refractivity contribution in [1.82, 2.24) is 0 Å². The minimum atomic E-state index is -0.211. The molecule has 0 aliphatic heterocycles. The van der Waals surface area contributed by atoms with Crippen LogP contribution in [0.2, 0.25) is 0 Å². The number of ketones is 1. The van der Waals surface area contributed by atoms with E-state index in [1.54, 1.807) is 51.5 Å². The van der Waals surface area contributed by atoms with Gasteiger partial charge in [-0.15, -0.1) is 0 Å². The van der Waals surface area contributed by atoms with Gasteiger partial charge in [0.15, 0.2) is 5.76 Å². The van der Waals surface area contributed by atoms with E-state index in [9.17, 15) is 4.79 Å². The van der Waals surface area contributed by atoms with Crippen LogP contribution in [-0.4, -0.2) is 20.0 Å². The van der Waals surface area contributed by atoms with Gasteiger partial charge in [0.2, 0.25) is 5.78 Å². The van der Waals surface area contributed by atoms with Gasteiger partial charge in [0, 0.05) is 16.8 Å². The Hall–Kier alpha value is -3.21. The molecule has 126 valence electrons. The number of carbonyl (C=O) groups is 1. The summed E-state index contributed by atoms with van der Waals surface area (Å²) in [5.41, 5.74) is 1.75. The van der Waals surface area contributed by atoms with Crippen molar-refractivity contribution in [3.63, 3.8) is 0 Å². The summed E-state index contributed by atoms with van der Waals surface area (Å²) in [5.74, 6) is 1.99. The average Bonchev–Trinajstić information content (AvgIpc) is 3.19. The maximum absolute atomic E-state index is 13.0. The molecule has 25 heavy (non-hydrogen) atoms. The van der Waals surface area contributed by atoms with E-state index < -0.39 is 0 Å². The van der Waals surface area contributed by atoms with Crippen molar-refractivity contribution >= 4 is 27.7 Å². The lowest BCUT2D eigenvalue weighted by Gasteiger charge is -1.99. The van der Waals surface area contributed by atoms with Crippen LogP contribution in [0, 0.1) is 6.92 Å².